The first-order valence-electron chi connectivity index (χ1n) is 8.51. The number of hydrogen-bond acceptors (Lipinski definition) is 3. The van der Waals surface area contributed by atoms with Crippen molar-refractivity contribution >= 4 is 22.9 Å². The molecule has 0 saturated heterocycles. The average molecular weight is 398 g/mol. The van der Waals surface area contributed by atoms with Crippen LogP contribution >= 0.6 is 22.9 Å². The fourth-order valence-electron chi connectivity index (χ4n) is 2.97. The van der Waals surface area contributed by atoms with Crippen LogP contribution in [0.5, 0.6) is 0 Å². The minimum atomic E-state index is -0.237. The van der Waals surface area contributed by atoms with Crippen LogP contribution in [0, 0.1) is 19.7 Å². The monoisotopic (exact) mass is 397 g/mol. The quantitative estimate of drug-likeness (QED) is 0.423. The van der Waals surface area contributed by atoms with E-state index in [-0.39, 0.29) is 5.82 Å². The topological polar surface area (TPSA) is 30.7 Å². The average Bonchev–Trinajstić information content (AvgIpc) is 3.25. The highest BCUT2D eigenvalue weighted by atomic mass is 35.5. The molecule has 2 aromatic heterocycles. The van der Waals surface area contributed by atoms with Gasteiger partial charge in [-0.15, -0.1) is 11.3 Å². The minimum absolute atomic E-state index is 0.237. The molecule has 136 valence electrons. The van der Waals surface area contributed by atoms with Gasteiger partial charge in [0, 0.05) is 29.5 Å². The van der Waals surface area contributed by atoms with Crippen LogP contribution in [-0.2, 0) is 6.42 Å². The molecule has 0 bridgehead atoms. The highest BCUT2D eigenvalue weighted by molar-refractivity contribution is 7.15. The maximum absolute atomic E-state index is 13.7. The molecule has 2 heterocycles. The largest absolute Gasteiger partial charge is 0.303 e. The van der Waals surface area contributed by atoms with Gasteiger partial charge in [0.2, 0.25) is 0 Å². The fraction of sp³-hybridized carbons (Fsp3) is 0.143. The van der Waals surface area contributed by atoms with Crippen molar-refractivity contribution in [3.05, 3.63) is 87.7 Å². The molecule has 0 aliphatic carbocycles. The van der Waals surface area contributed by atoms with Gasteiger partial charge < -0.3 is 4.57 Å². The summed E-state index contributed by atoms with van der Waals surface area (Å²) in [6.07, 6.45) is 4.37. The summed E-state index contributed by atoms with van der Waals surface area (Å²) in [7, 11) is 0. The van der Waals surface area contributed by atoms with E-state index in [0.29, 0.717) is 11.4 Å². The van der Waals surface area contributed by atoms with Gasteiger partial charge in [0.25, 0.3) is 0 Å². The molecule has 0 spiro atoms. The van der Waals surface area contributed by atoms with E-state index in [1.165, 1.54) is 6.07 Å². The molecule has 0 saturated carbocycles. The Labute approximate surface area is 166 Å². The first kappa shape index (κ1) is 17.9. The number of hydrogen-bond donors (Lipinski definition) is 0. The van der Waals surface area contributed by atoms with E-state index in [4.69, 9.17) is 16.6 Å². The second kappa shape index (κ2) is 7.25. The standard InChI is InChI=1S/C21H17ClFN3S/c1-13-3-6-17(23)9-15(13)10-21-25-19(20-11-24-14(2)27-20)12-26(21)18-7-4-16(22)5-8-18/h3-9,11-12H,10H2,1-2H3. The molecular formula is C21H17ClFN3S. The lowest BCUT2D eigenvalue weighted by atomic mass is 10.1. The third-order valence-corrected chi connectivity index (χ3v) is 5.60. The second-order valence-electron chi connectivity index (χ2n) is 6.38. The molecule has 3 nitrogen and oxygen atoms in total. The molecule has 0 radical (unpaired) electrons. The molecule has 0 N–H and O–H groups in total. The summed E-state index contributed by atoms with van der Waals surface area (Å²) < 4.78 is 15.8. The van der Waals surface area contributed by atoms with E-state index in [9.17, 15) is 4.39 Å². The Morgan fingerprint density at radius 2 is 1.89 bits per heavy atom. The van der Waals surface area contributed by atoms with E-state index in [1.54, 1.807) is 23.5 Å². The highest BCUT2D eigenvalue weighted by Gasteiger charge is 2.15. The van der Waals surface area contributed by atoms with Gasteiger partial charge in [-0.2, -0.15) is 0 Å². The first-order chi connectivity index (χ1) is 13.0. The molecule has 0 atom stereocenters. The van der Waals surface area contributed by atoms with Gasteiger partial charge in [-0.1, -0.05) is 17.7 Å². The lowest BCUT2D eigenvalue weighted by Gasteiger charge is -2.10. The Balaban J connectivity index is 1.81. The van der Waals surface area contributed by atoms with Gasteiger partial charge in [0.1, 0.15) is 17.3 Å². The maximum Gasteiger partial charge on any atom is 0.123 e. The smallest absolute Gasteiger partial charge is 0.123 e. The summed E-state index contributed by atoms with van der Waals surface area (Å²) >= 11 is 7.64. The zero-order chi connectivity index (χ0) is 19.0. The predicted molar refractivity (Wildman–Crippen MR) is 108 cm³/mol. The SMILES string of the molecule is Cc1ncc(-c2cn(-c3ccc(Cl)cc3)c(Cc3cc(F)ccc3C)n2)s1. The Morgan fingerprint density at radius 3 is 2.59 bits per heavy atom. The lowest BCUT2D eigenvalue weighted by Crippen LogP contribution is -2.03. The van der Waals surface area contributed by atoms with Gasteiger partial charge in [0.15, 0.2) is 0 Å². The van der Waals surface area contributed by atoms with Crippen molar-refractivity contribution < 1.29 is 4.39 Å². The van der Waals surface area contributed by atoms with Crippen LogP contribution in [0.4, 0.5) is 4.39 Å². The van der Waals surface area contributed by atoms with Gasteiger partial charge in [-0.3, -0.25) is 0 Å². The van der Waals surface area contributed by atoms with Gasteiger partial charge in [0.05, 0.1) is 9.88 Å². The molecule has 0 aliphatic rings. The minimum Gasteiger partial charge on any atom is -0.303 e. The van der Waals surface area contributed by atoms with Gasteiger partial charge >= 0.3 is 0 Å². The van der Waals surface area contributed by atoms with Gasteiger partial charge in [-0.25, -0.2) is 14.4 Å². The third-order valence-electron chi connectivity index (χ3n) is 4.42. The second-order valence-corrected chi connectivity index (χ2v) is 8.05. The van der Waals surface area contributed by atoms with E-state index in [1.807, 2.05) is 55.1 Å². The lowest BCUT2D eigenvalue weighted by molar-refractivity contribution is 0.625. The molecule has 0 fully saturated rings. The number of aryl methyl sites for hydroxylation is 2. The molecule has 27 heavy (non-hydrogen) atoms. The Hall–Kier alpha value is -2.50. The molecule has 0 unspecified atom stereocenters. The number of imidazole rings is 1. The molecule has 4 aromatic rings. The summed E-state index contributed by atoms with van der Waals surface area (Å²) in [5.41, 5.74) is 3.78. The number of thiazole rings is 1. The highest BCUT2D eigenvalue weighted by Crippen LogP contribution is 2.28. The van der Waals surface area contributed by atoms with Crippen LogP contribution in [-0.4, -0.2) is 14.5 Å². The van der Waals surface area contributed by atoms with Crippen LogP contribution in [0.2, 0.25) is 5.02 Å². The maximum atomic E-state index is 13.7. The van der Waals surface area contributed by atoms with E-state index in [0.717, 1.165) is 38.2 Å². The van der Waals surface area contributed by atoms with Crippen molar-refractivity contribution in [3.63, 3.8) is 0 Å². The molecular weight excluding hydrogens is 381 g/mol. The van der Waals surface area contributed by atoms with E-state index < -0.39 is 0 Å². The molecule has 2 aromatic carbocycles. The summed E-state index contributed by atoms with van der Waals surface area (Å²) in [5.74, 6) is 0.602. The number of nitrogens with zero attached hydrogens (tertiary/aromatic N) is 3. The predicted octanol–water partition coefficient (Wildman–Crippen LogP) is 6.00. The summed E-state index contributed by atoms with van der Waals surface area (Å²) in [6, 6.07) is 12.5. The number of halogens is 2. The first-order valence-corrected chi connectivity index (χ1v) is 9.71. The Morgan fingerprint density at radius 1 is 1.11 bits per heavy atom. The van der Waals surface area contributed by atoms with Crippen LogP contribution in [0.25, 0.3) is 16.3 Å². The zero-order valence-corrected chi connectivity index (χ0v) is 16.5. The van der Waals surface area contributed by atoms with Crippen molar-refractivity contribution in [3.8, 4) is 16.3 Å². The van der Waals surface area contributed by atoms with Crippen LogP contribution in [0.15, 0.2) is 54.9 Å². The number of rotatable bonds is 4. The van der Waals surface area contributed by atoms with E-state index in [2.05, 4.69) is 4.98 Å². The third kappa shape index (κ3) is 3.80. The van der Waals surface area contributed by atoms with Crippen molar-refractivity contribution in [1.82, 2.24) is 14.5 Å². The molecule has 4 rings (SSSR count). The van der Waals surface area contributed by atoms with E-state index >= 15 is 0 Å². The van der Waals surface area contributed by atoms with Crippen molar-refractivity contribution in [2.24, 2.45) is 0 Å². The Bertz CT molecular complexity index is 1100. The number of benzene rings is 2. The van der Waals surface area contributed by atoms with Crippen molar-refractivity contribution in [2.75, 3.05) is 0 Å². The summed E-state index contributed by atoms with van der Waals surface area (Å²) in [4.78, 5) is 10.2. The normalized spacial score (nSPS) is 11.1. The number of aromatic nitrogens is 3. The Kier molecular flexibility index (Phi) is 4.81. The molecule has 6 heteroatoms. The zero-order valence-electron chi connectivity index (χ0n) is 14.9. The van der Waals surface area contributed by atoms with Gasteiger partial charge in [-0.05, 0) is 61.4 Å². The van der Waals surface area contributed by atoms with Crippen LogP contribution in [0.1, 0.15) is 22.0 Å². The molecule has 0 amide bonds. The summed E-state index contributed by atoms with van der Waals surface area (Å²) in [5, 5.41) is 1.67. The summed E-state index contributed by atoms with van der Waals surface area (Å²) in [6.45, 7) is 3.96. The van der Waals surface area contributed by atoms with Crippen LogP contribution in [0.3, 0.4) is 0 Å². The fourth-order valence-corrected chi connectivity index (χ4v) is 3.83. The van der Waals surface area contributed by atoms with Crippen molar-refractivity contribution in [2.45, 2.75) is 20.3 Å². The van der Waals surface area contributed by atoms with Crippen LogP contribution < -0.4 is 0 Å². The molecule has 0 aliphatic heterocycles. The van der Waals surface area contributed by atoms with Crippen molar-refractivity contribution in [1.29, 1.82) is 0 Å².